The Bertz CT molecular complexity index is 1440. The van der Waals surface area contributed by atoms with Crippen molar-refractivity contribution in [1.29, 1.82) is 0 Å². The van der Waals surface area contributed by atoms with Crippen molar-refractivity contribution in [2.75, 3.05) is 33.5 Å². The highest BCUT2D eigenvalue weighted by Crippen LogP contribution is 2.21. The minimum absolute atomic E-state index is 0.0330. The number of methoxy groups -OCH3 is 1. The number of ether oxygens (including phenoxy) is 2. The van der Waals surface area contributed by atoms with Crippen LogP contribution in [0.5, 0.6) is 5.75 Å². The first-order chi connectivity index (χ1) is 24.8. The van der Waals surface area contributed by atoms with Crippen LogP contribution >= 0.6 is 0 Å². The summed E-state index contributed by atoms with van der Waals surface area (Å²) < 4.78 is 10.3. The second-order valence-corrected chi connectivity index (χ2v) is 13.2. The lowest BCUT2D eigenvalue weighted by Crippen LogP contribution is -2.48. The largest absolute Gasteiger partial charge is 0.508 e. The molecule has 6 N–H and O–H groups in total. The molecule has 0 aliphatic heterocycles. The van der Waals surface area contributed by atoms with E-state index in [1.807, 2.05) is 44.2 Å². The summed E-state index contributed by atoms with van der Waals surface area (Å²) >= 11 is 0. The number of rotatable bonds is 25. The van der Waals surface area contributed by atoms with Crippen LogP contribution in [0.3, 0.4) is 0 Å². The average Bonchev–Trinajstić information content (AvgIpc) is 3.11. The van der Waals surface area contributed by atoms with Gasteiger partial charge in [-0.1, -0.05) is 56.3 Å². The number of aromatic hydroxyl groups is 1. The van der Waals surface area contributed by atoms with E-state index in [9.17, 15) is 33.9 Å². The zero-order valence-corrected chi connectivity index (χ0v) is 30.5. The zero-order chi connectivity index (χ0) is 38.5. The Morgan fingerprint density at radius 2 is 1.38 bits per heavy atom. The molecule has 286 valence electrons. The van der Waals surface area contributed by atoms with Crippen LogP contribution in [0.2, 0.25) is 0 Å². The Morgan fingerprint density at radius 3 is 2.00 bits per heavy atom. The molecular formula is C38H54N4O10. The highest BCUT2D eigenvalue weighted by Gasteiger charge is 2.32. The van der Waals surface area contributed by atoms with Crippen LogP contribution in [-0.4, -0.2) is 91.1 Å². The highest BCUT2D eigenvalue weighted by molar-refractivity contribution is 5.95. The molecule has 2 aromatic carbocycles. The first-order valence-corrected chi connectivity index (χ1v) is 17.5. The molecule has 14 nitrogen and oxygen atoms in total. The third-order valence-corrected chi connectivity index (χ3v) is 8.34. The van der Waals surface area contributed by atoms with Gasteiger partial charge >= 0.3 is 0 Å². The zero-order valence-electron chi connectivity index (χ0n) is 30.5. The number of hydroxylamine groups is 1. The standard InChI is InChI=1S/C38H54N4O10/c1-25(2)20-32(34(45)23-29(12-15-36(47)42-50)37(48)39-16-17-52-19-18-51-4)41-38(49)30(21-28-10-13-31(44)14-11-28)24-35(46)33(40-26(3)43)22-27-8-6-5-7-9-27/h5-11,13-14,25,29-30,32-33,44,50H,12,15-24H2,1-4H3,(H,39,48)(H,40,43)(H,41,49)(H,42,47)/t29?,30-,32-,33-/m1/s1. The van der Waals surface area contributed by atoms with Crippen molar-refractivity contribution < 1.29 is 48.6 Å². The summed E-state index contributed by atoms with van der Waals surface area (Å²) in [5, 5.41) is 27.1. The molecule has 0 saturated heterocycles. The second-order valence-electron chi connectivity index (χ2n) is 13.2. The van der Waals surface area contributed by atoms with Crippen LogP contribution in [0.25, 0.3) is 0 Å². The van der Waals surface area contributed by atoms with Gasteiger partial charge < -0.3 is 30.5 Å². The molecule has 0 aliphatic rings. The van der Waals surface area contributed by atoms with Crippen molar-refractivity contribution in [2.24, 2.45) is 17.8 Å². The summed E-state index contributed by atoms with van der Waals surface area (Å²) in [6.45, 7) is 6.15. The summed E-state index contributed by atoms with van der Waals surface area (Å²) in [7, 11) is 1.54. The van der Waals surface area contributed by atoms with Gasteiger partial charge in [-0.05, 0) is 54.9 Å². The Morgan fingerprint density at radius 1 is 0.750 bits per heavy atom. The molecule has 14 heteroatoms. The fourth-order valence-electron chi connectivity index (χ4n) is 5.64. The van der Waals surface area contributed by atoms with Gasteiger partial charge in [0.25, 0.3) is 0 Å². The number of hydrogen-bond acceptors (Lipinski definition) is 10. The number of amides is 4. The van der Waals surface area contributed by atoms with Crippen LogP contribution in [0, 0.1) is 17.8 Å². The summed E-state index contributed by atoms with van der Waals surface area (Å²) in [4.78, 5) is 78.7. The second kappa shape index (κ2) is 23.7. The Balaban J connectivity index is 2.30. The summed E-state index contributed by atoms with van der Waals surface area (Å²) in [6.07, 6.45) is -0.239. The Hall–Kier alpha value is -4.66. The predicted octanol–water partition coefficient (Wildman–Crippen LogP) is 2.43. The van der Waals surface area contributed by atoms with E-state index in [2.05, 4.69) is 16.0 Å². The minimum Gasteiger partial charge on any atom is -0.508 e. The summed E-state index contributed by atoms with van der Waals surface area (Å²) in [5.74, 6) is -4.86. The third kappa shape index (κ3) is 17.0. The van der Waals surface area contributed by atoms with E-state index in [4.69, 9.17) is 14.7 Å². The van der Waals surface area contributed by atoms with Gasteiger partial charge in [0.1, 0.15) is 5.75 Å². The fraction of sp³-hybridized carbons (Fsp3) is 0.526. The van der Waals surface area contributed by atoms with Gasteiger partial charge in [0.15, 0.2) is 11.6 Å². The molecule has 52 heavy (non-hydrogen) atoms. The molecule has 0 fully saturated rings. The molecule has 0 heterocycles. The molecule has 4 amide bonds. The smallest absolute Gasteiger partial charge is 0.243 e. The number of phenols is 1. The Labute approximate surface area is 305 Å². The van der Waals surface area contributed by atoms with Crippen molar-refractivity contribution in [3.8, 4) is 5.75 Å². The molecule has 0 aliphatic carbocycles. The number of nitrogens with one attached hydrogen (secondary N) is 4. The number of Topliss-reactive ketones (excluding diaryl/α,β-unsaturated/α-hetero) is 2. The van der Waals surface area contributed by atoms with Crippen molar-refractivity contribution >= 4 is 35.2 Å². The van der Waals surface area contributed by atoms with E-state index in [0.29, 0.717) is 18.8 Å². The van der Waals surface area contributed by atoms with Crippen LogP contribution in [0.15, 0.2) is 54.6 Å². The SMILES string of the molecule is COCCOCCNC(=O)C(CCC(=O)NO)CC(=O)[C@@H](CC(C)C)NC(=O)[C@@H](CC(=O)[C@@H](Cc1ccccc1)NC(C)=O)Cc1ccc(O)cc1. The number of carbonyl (C=O) groups excluding carboxylic acids is 6. The minimum atomic E-state index is -1.01. The maximum atomic E-state index is 14.0. The van der Waals surface area contributed by atoms with Gasteiger partial charge in [0.05, 0.1) is 31.9 Å². The molecule has 2 rings (SSSR count). The maximum Gasteiger partial charge on any atom is 0.243 e. The van der Waals surface area contributed by atoms with Crippen molar-refractivity contribution in [3.63, 3.8) is 0 Å². The van der Waals surface area contributed by atoms with Crippen LogP contribution in [0.1, 0.15) is 64.0 Å². The fourth-order valence-corrected chi connectivity index (χ4v) is 5.64. The van der Waals surface area contributed by atoms with E-state index in [0.717, 1.165) is 5.56 Å². The van der Waals surface area contributed by atoms with Gasteiger partial charge in [0.2, 0.25) is 23.6 Å². The first-order valence-electron chi connectivity index (χ1n) is 17.5. The van der Waals surface area contributed by atoms with Gasteiger partial charge in [-0.15, -0.1) is 0 Å². The number of carbonyl (C=O) groups is 6. The van der Waals surface area contributed by atoms with Crippen molar-refractivity contribution in [2.45, 2.75) is 77.8 Å². The van der Waals surface area contributed by atoms with Gasteiger partial charge in [-0.2, -0.15) is 0 Å². The molecular weight excluding hydrogens is 672 g/mol. The maximum absolute atomic E-state index is 14.0. The highest BCUT2D eigenvalue weighted by atomic mass is 16.5. The molecule has 4 atom stereocenters. The normalized spacial score (nSPS) is 13.3. The van der Waals surface area contributed by atoms with Crippen LogP contribution in [0.4, 0.5) is 0 Å². The molecule has 1 unspecified atom stereocenters. The monoisotopic (exact) mass is 726 g/mol. The Kier molecular flexibility index (Phi) is 19.9. The number of benzene rings is 2. The number of phenolic OH excluding ortho intramolecular Hbond substituents is 1. The van der Waals surface area contributed by atoms with Crippen molar-refractivity contribution in [3.05, 3.63) is 65.7 Å². The molecule has 0 radical (unpaired) electrons. The predicted molar refractivity (Wildman–Crippen MR) is 192 cm³/mol. The van der Waals surface area contributed by atoms with Crippen LogP contribution in [-0.2, 0) is 51.1 Å². The molecule has 0 saturated carbocycles. The number of ketones is 2. The first kappa shape index (κ1) is 43.5. The van der Waals surface area contributed by atoms with Crippen LogP contribution < -0.4 is 21.4 Å². The summed E-state index contributed by atoms with van der Waals surface area (Å²) in [6, 6.07) is 13.5. The summed E-state index contributed by atoms with van der Waals surface area (Å²) in [5.41, 5.74) is 3.03. The van der Waals surface area contributed by atoms with E-state index in [-0.39, 0.29) is 75.5 Å². The average molecular weight is 727 g/mol. The van der Waals surface area contributed by atoms with E-state index < -0.39 is 53.3 Å². The lowest BCUT2D eigenvalue weighted by Gasteiger charge is -2.26. The van der Waals surface area contributed by atoms with E-state index in [1.165, 1.54) is 31.6 Å². The lowest BCUT2D eigenvalue weighted by atomic mass is 9.87. The molecule has 0 bridgehead atoms. The quantitative estimate of drug-likeness (QED) is 0.0500. The lowest BCUT2D eigenvalue weighted by molar-refractivity contribution is -0.135. The molecule has 0 aromatic heterocycles. The van der Waals surface area contributed by atoms with Crippen molar-refractivity contribution in [1.82, 2.24) is 21.4 Å². The van der Waals surface area contributed by atoms with Gasteiger partial charge in [-0.3, -0.25) is 34.0 Å². The van der Waals surface area contributed by atoms with Gasteiger partial charge in [-0.25, -0.2) is 5.48 Å². The number of hydrogen-bond donors (Lipinski definition) is 6. The van der Waals surface area contributed by atoms with E-state index >= 15 is 0 Å². The van der Waals surface area contributed by atoms with Gasteiger partial charge in [0, 0.05) is 51.7 Å². The molecule has 0 spiro atoms. The topological polar surface area (TPSA) is 209 Å². The third-order valence-electron chi connectivity index (χ3n) is 8.34. The molecule has 2 aromatic rings. The van der Waals surface area contributed by atoms with E-state index in [1.54, 1.807) is 12.1 Å².